The van der Waals surface area contributed by atoms with Gasteiger partial charge >= 0.3 is 0 Å². The largest absolute Gasteiger partial charge is 0.456 e. The molecule has 3 heterocycles. The Morgan fingerprint density at radius 3 is 1.91 bits per heavy atom. The summed E-state index contributed by atoms with van der Waals surface area (Å²) in [4.78, 5) is 4.68. The fourth-order valence-corrected chi connectivity index (χ4v) is 5.38. The van der Waals surface area contributed by atoms with Crippen LogP contribution < -0.4 is 0 Å². The number of pyridine rings is 1. The van der Waals surface area contributed by atoms with Gasteiger partial charge in [-0.15, -0.1) is 0 Å². The Bertz CT molecular complexity index is 1870. The van der Waals surface area contributed by atoms with Crippen molar-refractivity contribution in [1.29, 1.82) is 0 Å². The van der Waals surface area contributed by atoms with Gasteiger partial charge in [0.05, 0.1) is 5.69 Å². The van der Waals surface area contributed by atoms with Gasteiger partial charge in [0.25, 0.3) is 0 Å². The van der Waals surface area contributed by atoms with E-state index in [-0.39, 0.29) is 5.92 Å². The quantitative estimate of drug-likeness (QED) is 0.267. The van der Waals surface area contributed by atoms with E-state index in [1.165, 1.54) is 0 Å². The molecule has 4 aromatic carbocycles. The van der Waals surface area contributed by atoms with Crippen molar-refractivity contribution in [2.45, 2.75) is 19.8 Å². The highest BCUT2D eigenvalue weighted by Gasteiger charge is 2.26. The summed E-state index contributed by atoms with van der Waals surface area (Å²) in [6.07, 6.45) is 1.89. The van der Waals surface area contributed by atoms with Crippen LogP contribution in [-0.4, -0.2) is 4.98 Å². The van der Waals surface area contributed by atoms with Gasteiger partial charge in [-0.3, -0.25) is 4.98 Å². The molecule has 3 aromatic heterocycles. The molecule has 0 aliphatic carbocycles. The summed E-state index contributed by atoms with van der Waals surface area (Å²) in [6.45, 7) is 4.44. The van der Waals surface area contributed by atoms with Crippen LogP contribution in [-0.2, 0) is 0 Å². The van der Waals surface area contributed by atoms with Gasteiger partial charge in [-0.05, 0) is 35.7 Å². The van der Waals surface area contributed by atoms with Gasteiger partial charge < -0.3 is 8.83 Å². The molecule has 0 saturated heterocycles. The maximum absolute atomic E-state index is 6.64. The molecule has 7 aromatic rings. The number of para-hydroxylation sites is 2. The molecule has 0 aliphatic rings. The van der Waals surface area contributed by atoms with Crippen LogP contribution in [0.5, 0.6) is 0 Å². The zero-order valence-electron chi connectivity index (χ0n) is 19.6. The highest BCUT2D eigenvalue weighted by atomic mass is 16.3. The molecule has 168 valence electrons. The maximum Gasteiger partial charge on any atom is 0.144 e. The summed E-state index contributed by atoms with van der Waals surface area (Å²) in [7, 11) is 0. The Labute approximate surface area is 202 Å². The van der Waals surface area contributed by atoms with Gasteiger partial charge in [-0.25, -0.2) is 0 Å². The van der Waals surface area contributed by atoms with Crippen molar-refractivity contribution in [3.05, 3.63) is 103 Å². The Kier molecular flexibility index (Phi) is 4.34. The first-order chi connectivity index (χ1) is 17.2. The van der Waals surface area contributed by atoms with Gasteiger partial charge in [0, 0.05) is 44.4 Å². The third-order valence-electron chi connectivity index (χ3n) is 6.88. The molecule has 0 saturated carbocycles. The second-order valence-electron chi connectivity index (χ2n) is 9.34. The molecule has 0 aliphatic heterocycles. The molecule has 0 atom stereocenters. The van der Waals surface area contributed by atoms with Crippen LogP contribution in [0.3, 0.4) is 0 Å². The third kappa shape index (κ3) is 2.95. The molecule has 0 fully saturated rings. The van der Waals surface area contributed by atoms with E-state index in [2.05, 4.69) is 67.4 Å². The van der Waals surface area contributed by atoms with E-state index in [9.17, 15) is 0 Å². The van der Waals surface area contributed by atoms with Crippen LogP contribution in [0.1, 0.15) is 25.3 Å². The monoisotopic (exact) mass is 453 g/mol. The van der Waals surface area contributed by atoms with Crippen LogP contribution in [0, 0.1) is 0 Å². The van der Waals surface area contributed by atoms with Crippen LogP contribution in [0.15, 0.2) is 106 Å². The lowest BCUT2D eigenvalue weighted by molar-refractivity contribution is 0.653. The molecule has 0 radical (unpaired) electrons. The van der Waals surface area contributed by atoms with E-state index in [0.717, 1.165) is 71.8 Å². The number of aromatic nitrogens is 1. The van der Waals surface area contributed by atoms with Crippen molar-refractivity contribution in [3.63, 3.8) is 0 Å². The predicted molar refractivity (Wildman–Crippen MR) is 144 cm³/mol. The average Bonchev–Trinajstić information content (AvgIpc) is 3.46. The second-order valence-corrected chi connectivity index (χ2v) is 9.34. The van der Waals surface area contributed by atoms with E-state index in [0.29, 0.717) is 0 Å². The lowest BCUT2D eigenvalue weighted by Crippen LogP contribution is -1.96. The number of hydrogen-bond donors (Lipinski definition) is 0. The molecule has 0 bridgehead atoms. The maximum atomic E-state index is 6.64. The van der Waals surface area contributed by atoms with E-state index >= 15 is 0 Å². The standard InChI is InChI=1S/C32H23NO2/c1-19(2)27-28(21-16-17-33-24(18-21)20-10-4-3-5-11-20)32-30(23-13-7-9-15-26(23)35-32)29-22-12-6-8-14-25(22)34-31(27)29/h3-19H,1-2H3. The van der Waals surface area contributed by atoms with E-state index < -0.39 is 0 Å². The first-order valence-corrected chi connectivity index (χ1v) is 12.0. The number of benzene rings is 4. The van der Waals surface area contributed by atoms with Gasteiger partial charge in [-0.2, -0.15) is 0 Å². The van der Waals surface area contributed by atoms with E-state index in [1.54, 1.807) is 0 Å². The molecule has 0 N–H and O–H groups in total. The van der Waals surface area contributed by atoms with Gasteiger partial charge in [0.2, 0.25) is 0 Å². The minimum atomic E-state index is 0.221. The Morgan fingerprint density at radius 2 is 1.23 bits per heavy atom. The number of furan rings is 2. The van der Waals surface area contributed by atoms with Gasteiger partial charge in [0.15, 0.2) is 0 Å². The summed E-state index contributed by atoms with van der Waals surface area (Å²) in [5.41, 5.74) is 8.96. The summed E-state index contributed by atoms with van der Waals surface area (Å²) in [6, 6.07) is 31.1. The molecule has 7 rings (SSSR count). The van der Waals surface area contributed by atoms with Crippen molar-refractivity contribution in [2.24, 2.45) is 0 Å². The van der Waals surface area contributed by atoms with Crippen molar-refractivity contribution < 1.29 is 8.83 Å². The molecule has 0 spiro atoms. The lowest BCUT2D eigenvalue weighted by atomic mass is 9.88. The highest BCUT2D eigenvalue weighted by Crippen LogP contribution is 2.49. The Hall–Kier alpha value is -4.37. The Morgan fingerprint density at radius 1 is 0.629 bits per heavy atom. The molecule has 3 heteroatoms. The molecular formula is C32H23NO2. The van der Waals surface area contributed by atoms with Crippen molar-refractivity contribution in [3.8, 4) is 22.4 Å². The normalized spacial score (nSPS) is 12.0. The molecule has 35 heavy (non-hydrogen) atoms. The lowest BCUT2D eigenvalue weighted by Gasteiger charge is -2.15. The Balaban J connectivity index is 1.69. The van der Waals surface area contributed by atoms with Crippen LogP contribution in [0.4, 0.5) is 0 Å². The average molecular weight is 454 g/mol. The van der Waals surface area contributed by atoms with Crippen molar-refractivity contribution in [1.82, 2.24) is 4.98 Å². The summed E-state index contributed by atoms with van der Waals surface area (Å²) >= 11 is 0. The first-order valence-electron chi connectivity index (χ1n) is 12.0. The summed E-state index contributed by atoms with van der Waals surface area (Å²) < 4.78 is 13.2. The minimum Gasteiger partial charge on any atom is -0.456 e. The van der Waals surface area contributed by atoms with Crippen molar-refractivity contribution >= 4 is 43.9 Å². The van der Waals surface area contributed by atoms with E-state index in [4.69, 9.17) is 8.83 Å². The molecule has 0 unspecified atom stereocenters. The third-order valence-corrected chi connectivity index (χ3v) is 6.88. The smallest absolute Gasteiger partial charge is 0.144 e. The van der Waals surface area contributed by atoms with Crippen molar-refractivity contribution in [2.75, 3.05) is 0 Å². The van der Waals surface area contributed by atoms with Crippen LogP contribution >= 0.6 is 0 Å². The topological polar surface area (TPSA) is 39.2 Å². The SMILES string of the molecule is CC(C)c1c(-c2ccnc(-c3ccccc3)c2)c2oc3ccccc3c2c2c1oc1ccccc12. The van der Waals surface area contributed by atoms with Crippen LogP contribution in [0.25, 0.3) is 66.3 Å². The molecular weight excluding hydrogens is 430 g/mol. The highest BCUT2D eigenvalue weighted by molar-refractivity contribution is 6.29. The number of nitrogens with zero attached hydrogens (tertiary/aromatic N) is 1. The molecule has 3 nitrogen and oxygen atoms in total. The summed E-state index contributed by atoms with van der Waals surface area (Å²) in [5, 5.41) is 4.46. The zero-order chi connectivity index (χ0) is 23.5. The second kappa shape index (κ2) is 7.57. The number of hydrogen-bond acceptors (Lipinski definition) is 3. The number of fused-ring (bicyclic) bond motifs is 7. The van der Waals surface area contributed by atoms with Crippen LogP contribution in [0.2, 0.25) is 0 Å². The minimum absolute atomic E-state index is 0.221. The first kappa shape index (κ1) is 20.0. The summed E-state index contributed by atoms with van der Waals surface area (Å²) in [5.74, 6) is 0.221. The zero-order valence-corrected chi connectivity index (χ0v) is 19.6. The number of rotatable bonds is 3. The van der Waals surface area contributed by atoms with Gasteiger partial charge in [-0.1, -0.05) is 80.6 Å². The fourth-order valence-electron chi connectivity index (χ4n) is 5.38. The van der Waals surface area contributed by atoms with E-state index in [1.807, 2.05) is 48.7 Å². The fraction of sp³-hybridized carbons (Fsp3) is 0.0938. The predicted octanol–water partition coefficient (Wildman–Crippen LogP) is 9.34. The molecule has 0 amide bonds. The van der Waals surface area contributed by atoms with Gasteiger partial charge in [0.1, 0.15) is 22.3 Å².